The smallest absolute Gasteiger partial charge is 0.428 e. The van der Waals surface area contributed by atoms with Gasteiger partial charge in [-0.15, -0.1) is 0 Å². The third-order valence-electron chi connectivity index (χ3n) is 4.64. The Bertz CT molecular complexity index is 709. The van der Waals surface area contributed by atoms with E-state index in [1.807, 2.05) is 0 Å². The highest BCUT2D eigenvalue weighted by Gasteiger charge is 2.61. The van der Waals surface area contributed by atoms with Gasteiger partial charge in [0.05, 0.1) is 6.20 Å². The van der Waals surface area contributed by atoms with E-state index in [0.717, 1.165) is 13.1 Å². The van der Waals surface area contributed by atoms with Crippen LogP contribution in [-0.4, -0.2) is 34.6 Å². The number of pyridine rings is 1. The lowest BCUT2D eigenvalue weighted by molar-refractivity contribution is -0.249. The van der Waals surface area contributed by atoms with Crippen molar-refractivity contribution in [3.05, 3.63) is 24.0 Å². The summed E-state index contributed by atoms with van der Waals surface area (Å²) < 4.78 is 45.3. The highest BCUT2D eigenvalue weighted by molar-refractivity contribution is 5.96. The summed E-state index contributed by atoms with van der Waals surface area (Å²) in [5, 5.41) is 2.50. The number of amides is 2. The van der Waals surface area contributed by atoms with Gasteiger partial charge in [-0.2, -0.15) is 13.2 Å². The summed E-state index contributed by atoms with van der Waals surface area (Å²) in [5.41, 5.74) is 2.36. The average molecular weight is 387 g/mol. The number of aromatic nitrogens is 1. The monoisotopic (exact) mass is 387 g/mol. The second-order valence-electron chi connectivity index (χ2n) is 8.04. The number of nitrogens with one attached hydrogen (secondary N) is 1. The summed E-state index contributed by atoms with van der Waals surface area (Å²) in [7, 11) is 0. The van der Waals surface area contributed by atoms with Gasteiger partial charge in [0.2, 0.25) is 11.5 Å². The minimum atomic E-state index is -4.52. The Balaban J connectivity index is 2.12. The maximum Gasteiger partial charge on any atom is 0.428 e. The van der Waals surface area contributed by atoms with Crippen molar-refractivity contribution < 1.29 is 27.5 Å². The molecule has 0 aliphatic heterocycles. The first kappa shape index (κ1) is 21.0. The molecule has 0 aromatic carbocycles. The van der Waals surface area contributed by atoms with Crippen LogP contribution in [0.3, 0.4) is 0 Å². The molecule has 0 spiro atoms. The molecule has 0 bridgehead atoms. The Morgan fingerprint density at radius 1 is 1.22 bits per heavy atom. The molecular formula is C18H24F3N3O3. The van der Waals surface area contributed by atoms with Gasteiger partial charge in [0.25, 0.3) is 5.91 Å². The zero-order valence-electron chi connectivity index (χ0n) is 15.7. The minimum absolute atomic E-state index is 0.0574. The van der Waals surface area contributed by atoms with Gasteiger partial charge in [-0.1, -0.05) is 20.8 Å². The van der Waals surface area contributed by atoms with E-state index in [4.69, 9.17) is 10.5 Å². The molecule has 1 aliphatic carbocycles. The summed E-state index contributed by atoms with van der Waals surface area (Å²) in [5.74, 6) is -2.02. The van der Waals surface area contributed by atoms with E-state index in [2.05, 4.69) is 10.3 Å². The summed E-state index contributed by atoms with van der Waals surface area (Å²) in [6, 6.07) is 1.57. The summed E-state index contributed by atoms with van der Waals surface area (Å²) in [4.78, 5) is 27.7. The molecule has 2 amide bonds. The van der Waals surface area contributed by atoms with Crippen molar-refractivity contribution in [3.63, 3.8) is 0 Å². The number of nitrogens with two attached hydrogens (primary N) is 1. The number of nitrogens with zero attached hydrogens (tertiary/aromatic N) is 1. The molecule has 0 saturated heterocycles. The fraction of sp³-hybridized carbons (Fsp3) is 0.611. The summed E-state index contributed by atoms with van der Waals surface area (Å²) in [6.07, 6.45) is -2.56. The summed E-state index contributed by atoms with van der Waals surface area (Å²) >= 11 is 0. The number of carbonyl (C=O) groups excluding carboxylic acids is 2. The zero-order chi connectivity index (χ0) is 20.6. The molecule has 1 unspecified atom stereocenters. The van der Waals surface area contributed by atoms with Gasteiger partial charge in [-0.25, -0.2) is 4.98 Å². The number of primary amides is 1. The van der Waals surface area contributed by atoms with E-state index in [9.17, 15) is 22.8 Å². The fourth-order valence-corrected chi connectivity index (χ4v) is 2.75. The van der Waals surface area contributed by atoms with Crippen LogP contribution in [0.25, 0.3) is 0 Å². The normalized spacial score (nSPS) is 18.3. The predicted octanol–water partition coefficient (Wildman–Crippen LogP) is 2.82. The second-order valence-corrected chi connectivity index (χ2v) is 8.04. The molecule has 150 valence electrons. The first-order valence-corrected chi connectivity index (χ1v) is 8.57. The third-order valence-corrected chi connectivity index (χ3v) is 4.64. The molecule has 9 heteroatoms. The Morgan fingerprint density at radius 2 is 1.81 bits per heavy atom. The first-order valence-electron chi connectivity index (χ1n) is 8.57. The molecule has 1 aromatic rings. The van der Waals surface area contributed by atoms with E-state index in [0.29, 0.717) is 12.8 Å². The van der Waals surface area contributed by atoms with Crippen molar-refractivity contribution >= 4 is 11.8 Å². The topological polar surface area (TPSA) is 94.3 Å². The Morgan fingerprint density at radius 3 is 2.19 bits per heavy atom. The van der Waals surface area contributed by atoms with Crippen molar-refractivity contribution in [2.24, 2.45) is 17.1 Å². The van der Waals surface area contributed by atoms with Gasteiger partial charge in [-0.3, -0.25) is 9.59 Å². The molecule has 1 heterocycles. The lowest BCUT2D eigenvalue weighted by atomic mass is 9.86. The van der Waals surface area contributed by atoms with Crippen molar-refractivity contribution in [2.45, 2.75) is 58.4 Å². The number of halogens is 3. The molecule has 2 rings (SSSR count). The molecular weight excluding hydrogens is 363 g/mol. The number of rotatable bonds is 6. The third kappa shape index (κ3) is 4.70. The molecule has 3 N–H and O–H groups in total. The van der Waals surface area contributed by atoms with Crippen molar-refractivity contribution in [1.82, 2.24) is 10.3 Å². The number of alkyl halides is 3. The lowest BCUT2D eigenvalue weighted by Crippen LogP contribution is -2.52. The van der Waals surface area contributed by atoms with Gasteiger partial charge in [0.1, 0.15) is 17.5 Å². The number of hydrogen-bond acceptors (Lipinski definition) is 4. The minimum Gasteiger partial charge on any atom is -0.476 e. The maximum atomic E-state index is 13.4. The van der Waals surface area contributed by atoms with Crippen LogP contribution in [0.5, 0.6) is 5.75 Å². The van der Waals surface area contributed by atoms with Crippen LogP contribution in [0.1, 0.15) is 51.0 Å². The van der Waals surface area contributed by atoms with Crippen molar-refractivity contribution in [2.75, 3.05) is 0 Å². The van der Waals surface area contributed by atoms with Gasteiger partial charge >= 0.3 is 6.18 Å². The molecule has 27 heavy (non-hydrogen) atoms. The van der Waals surface area contributed by atoms with Crippen LogP contribution in [-0.2, 0) is 4.79 Å². The van der Waals surface area contributed by atoms with Gasteiger partial charge < -0.3 is 15.8 Å². The molecule has 1 fully saturated rings. The van der Waals surface area contributed by atoms with Crippen LogP contribution in [0.15, 0.2) is 18.3 Å². The zero-order valence-corrected chi connectivity index (χ0v) is 15.7. The van der Waals surface area contributed by atoms with Crippen molar-refractivity contribution in [1.29, 1.82) is 0 Å². The standard InChI is InChI=1S/C18H24F3N3O3/c1-16(2,3)13(14(22)25)24-15(26)12-8-7-11(9-23-12)27-17(4,10-5-6-10)18(19,20)21/h7-10,13H,5-6H2,1-4H3,(H2,22,25)(H,24,26)/t13?,17-/m0/s1. The van der Waals surface area contributed by atoms with Crippen molar-refractivity contribution in [3.8, 4) is 5.75 Å². The maximum absolute atomic E-state index is 13.4. The first-order chi connectivity index (χ1) is 12.3. The average Bonchev–Trinajstić information content (AvgIpc) is 3.35. The quantitative estimate of drug-likeness (QED) is 0.785. The largest absolute Gasteiger partial charge is 0.476 e. The Labute approximate surface area is 155 Å². The van der Waals surface area contributed by atoms with E-state index >= 15 is 0 Å². The lowest BCUT2D eigenvalue weighted by Gasteiger charge is -2.32. The molecule has 6 nitrogen and oxygen atoms in total. The molecule has 0 radical (unpaired) electrons. The molecule has 1 saturated carbocycles. The van der Waals surface area contributed by atoms with Gasteiger partial charge in [-0.05, 0) is 37.3 Å². The van der Waals surface area contributed by atoms with Crippen LogP contribution in [0.4, 0.5) is 13.2 Å². The van der Waals surface area contributed by atoms with Crippen LogP contribution < -0.4 is 15.8 Å². The number of ether oxygens (including phenoxy) is 1. The van der Waals surface area contributed by atoms with E-state index in [1.165, 1.54) is 12.1 Å². The molecule has 1 aliphatic rings. The Hall–Kier alpha value is -2.32. The van der Waals surface area contributed by atoms with Crippen LogP contribution in [0.2, 0.25) is 0 Å². The molecule has 2 atom stereocenters. The van der Waals surface area contributed by atoms with E-state index in [1.54, 1.807) is 20.8 Å². The predicted molar refractivity (Wildman–Crippen MR) is 92.0 cm³/mol. The van der Waals surface area contributed by atoms with Gasteiger partial charge in [0.15, 0.2) is 0 Å². The van der Waals surface area contributed by atoms with E-state index < -0.39 is 41.0 Å². The number of carbonyl (C=O) groups is 2. The molecule has 1 aromatic heterocycles. The Kier molecular flexibility index (Phi) is 5.45. The summed E-state index contributed by atoms with van der Waals surface area (Å²) in [6.45, 7) is 6.24. The van der Waals surface area contributed by atoms with Gasteiger partial charge in [0, 0.05) is 5.92 Å². The fourth-order valence-electron chi connectivity index (χ4n) is 2.75. The second kappa shape index (κ2) is 7.01. The number of hydrogen-bond donors (Lipinski definition) is 2. The van der Waals surface area contributed by atoms with E-state index in [-0.39, 0.29) is 11.4 Å². The SMILES string of the molecule is CC(C)(C)C(NC(=O)c1ccc(O[C@@](C)(C2CC2)C(F)(F)F)cn1)C(N)=O. The highest BCUT2D eigenvalue weighted by Crippen LogP contribution is 2.50. The highest BCUT2D eigenvalue weighted by atomic mass is 19.4. The van der Waals surface area contributed by atoms with Crippen LogP contribution >= 0.6 is 0 Å². The van der Waals surface area contributed by atoms with Crippen LogP contribution in [0, 0.1) is 11.3 Å².